The Labute approximate surface area is 239 Å². The number of benzene rings is 1. The largest absolute Gasteiger partial charge is 0.479 e. The van der Waals surface area contributed by atoms with Gasteiger partial charge < -0.3 is 20.1 Å². The van der Waals surface area contributed by atoms with Crippen LogP contribution in [0.4, 0.5) is 18.9 Å². The lowest BCUT2D eigenvalue weighted by Gasteiger charge is -2.40. The van der Waals surface area contributed by atoms with Crippen molar-refractivity contribution in [3.63, 3.8) is 0 Å². The van der Waals surface area contributed by atoms with Gasteiger partial charge in [-0.15, -0.1) is 11.6 Å². The number of methoxy groups -OCH3 is 1. The standard InChI is InChI=1S/C29H28ClF3N4O4/c1-15-10-20(24(31)27(35-15)41-2)29(40)19-7-3-4-8-23(19)37(28(29)39)14-17-11-18(25(32)33)22(12-21(17)30)36-26(38)16-6-5-9-34-13-16/h3-10,13,17-18,21-22,25,40H,11-12,14H2,1-2H3,(H,36,38)/t17-,18-,21-,22-,29-/m1/s1. The average molecular weight is 589 g/mol. The number of carbonyl (C=O) groups excluding carboxylic acids is 2. The fourth-order valence-electron chi connectivity index (χ4n) is 5.79. The number of pyridine rings is 2. The zero-order chi connectivity index (χ0) is 29.5. The first-order valence-corrected chi connectivity index (χ1v) is 13.5. The molecule has 1 aliphatic carbocycles. The molecular weight excluding hydrogens is 561 g/mol. The van der Waals surface area contributed by atoms with Gasteiger partial charge in [-0.3, -0.25) is 14.6 Å². The Hall–Kier alpha value is -3.70. The van der Waals surface area contributed by atoms with Crippen LogP contribution in [0.1, 0.15) is 40.0 Å². The molecule has 0 unspecified atom stereocenters. The van der Waals surface area contributed by atoms with E-state index in [2.05, 4.69) is 15.3 Å². The van der Waals surface area contributed by atoms with Crippen molar-refractivity contribution in [1.29, 1.82) is 0 Å². The van der Waals surface area contributed by atoms with Crippen LogP contribution >= 0.6 is 11.6 Å². The Balaban J connectivity index is 1.43. The molecular formula is C29H28ClF3N4O4. The van der Waals surface area contributed by atoms with Crippen molar-refractivity contribution in [2.75, 3.05) is 18.6 Å². The van der Waals surface area contributed by atoms with Crippen molar-refractivity contribution in [2.24, 2.45) is 11.8 Å². The molecule has 216 valence electrons. The number of hydrogen-bond donors (Lipinski definition) is 2. The number of aliphatic hydroxyl groups is 1. The molecule has 5 rings (SSSR count). The number of halogens is 4. The normalized spacial score (nSPS) is 25.8. The molecule has 0 spiro atoms. The number of aromatic nitrogens is 2. The van der Waals surface area contributed by atoms with E-state index in [1.165, 1.54) is 42.6 Å². The number of para-hydroxylation sites is 1. The first-order valence-electron chi connectivity index (χ1n) is 13.0. The summed E-state index contributed by atoms with van der Waals surface area (Å²) in [4.78, 5) is 35.7. The Morgan fingerprint density at radius 3 is 2.68 bits per heavy atom. The summed E-state index contributed by atoms with van der Waals surface area (Å²) >= 11 is 6.71. The number of rotatable bonds is 7. The van der Waals surface area contributed by atoms with E-state index in [-0.39, 0.29) is 42.0 Å². The van der Waals surface area contributed by atoms with Crippen LogP contribution in [-0.4, -0.2) is 58.4 Å². The van der Waals surface area contributed by atoms with Crippen molar-refractivity contribution < 1.29 is 32.6 Å². The number of amides is 2. The van der Waals surface area contributed by atoms with Crippen LogP contribution in [0.2, 0.25) is 0 Å². The highest BCUT2D eigenvalue weighted by Crippen LogP contribution is 2.47. The highest BCUT2D eigenvalue weighted by molar-refractivity contribution is 6.21. The maximum absolute atomic E-state index is 15.4. The molecule has 41 heavy (non-hydrogen) atoms. The van der Waals surface area contributed by atoms with Gasteiger partial charge in [0.25, 0.3) is 17.7 Å². The Morgan fingerprint density at radius 1 is 1.24 bits per heavy atom. The lowest BCUT2D eigenvalue weighted by molar-refractivity contribution is -0.132. The molecule has 1 aromatic carbocycles. The summed E-state index contributed by atoms with van der Waals surface area (Å²) in [5.74, 6) is -4.57. The average Bonchev–Trinajstić information content (AvgIpc) is 3.18. The van der Waals surface area contributed by atoms with E-state index in [9.17, 15) is 23.5 Å². The third-order valence-electron chi connectivity index (χ3n) is 7.84. The van der Waals surface area contributed by atoms with Gasteiger partial charge in [0.05, 0.1) is 18.4 Å². The Kier molecular flexibility index (Phi) is 7.93. The van der Waals surface area contributed by atoms with Crippen LogP contribution in [0.3, 0.4) is 0 Å². The van der Waals surface area contributed by atoms with Crippen LogP contribution in [0.25, 0.3) is 0 Å². The number of nitrogens with zero attached hydrogens (tertiary/aromatic N) is 3. The number of alkyl halides is 3. The van der Waals surface area contributed by atoms with Gasteiger partial charge in [0, 0.05) is 53.1 Å². The summed E-state index contributed by atoms with van der Waals surface area (Å²) in [5, 5.41) is 13.8. The van der Waals surface area contributed by atoms with E-state index >= 15 is 4.39 Å². The van der Waals surface area contributed by atoms with Gasteiger partial charge in [0.15, 0.2) is 11.4 Å². The molecule has 1 saturated carbocycles. The number of anilines is 1. The van der Waals surface area contributed by atoms with Gasteiger partial charge in [-0.05, 0) is 49.9 Å². The molecule has 2 aromatic heterocycles. The van der Waals surface area contributed by atoms with Crippen LogP contribution in [0, 0.1) is 24.6 Å². The second-order valence-corrected chi connectivity index (χ2v) is 10.9. The van der Waals surface area contributed by atoms with Crippen LogP contribution in [-0.2, 0) is 10.4 Å². The van der Waals surface area contributed by atoms with E-state index in [0.29, 0.717) is 11.4 Å². The highest BCUT2D eigenvalue weighted by Gasteiger charge is 2.54. The van der Waals surface area contributed by atoms with E-state index in [0.717, 1.165) is 0 Å². The Morgan fingerprint density at radius 2 is 2.00 bits per heavy atom. The molecule has 8 nitrogen and oxygen atoms in total. The smallest absolute Gasteiger partial charge is 0.268 e. The molecule has 12 heteroatoms. The summed E-state index contributed by atoms with van der Waals surface area (Å²) in [5.41, 5.74) is -1.70. The third-order valence-corrected chi connectivity index (χ3v) is 8.38. The maximum Gasteiger partial charge on any atom is 0.268 e. The minimum Gasteiger partial charge on any atom is -0.479 e. The first-order chi connectivity index (χ1) is 19.6. The van der Waals surface area contributed by atoms with Gasteiger partial charge in [0.1, 0.15) is 0 Å². The van der Waals surface area contributed by atoms with Gasteiger partial charge >= 0.3 is 0 Å². The summed E-state index contributed by atoms with van der Waals surface area (Å²) in [6.45, 7) is 1.48. The minimum absolute atomic E-state index is 0.0382. The Bertz CT molecular complexity index is 1460. The lowest BCUT2D eigenvalue weighted by atomic mass is 9.77. The van der Waals surface area contributed by atoms with Crippen LogP contribution < -0.4 is 15.0 Å². The SMILES string of the molecule is COc1nc(C)cc([C@@]2(O)C(=O)N(C[C@H]3C[C@@H](C(F)F)[C@H](NC(=O)c4cccnc4)C[C@H]3Cl)c3ccccc32)c1F. The molecule has 2 amide bonds. The van der Waals surface area contributed by atoms with E-state index < -0.39 is 52.9 Å². The highest BCUT2D eigenvalue weighted by atomic mass is 35.5. The van der Waals surface area contributed by atoms with Crippen molar-refractivity contribution >= 4 is 29.1 Å². The third kappa shape index (κ3) is 5.12. The molecule has 5 atom stereocenters. The maximum atomic E-state index is 15.4. The van der Waals surface area contributed by atoms with E-state index in [1.54, 1.807) is 31.2 Å². The molecule has 2 aliphatic rings. The number of nitrogens with one attached hydrogen (secondary N) is 1. The predicted molar refractivity (Wildman–Crippen MR) is 145 cm³/mol. The van der Waals surface area contributed by atoms with Crippen molar-refractivity contribution in [3.8, 4) is 5.88 Å². The molecule has 3 aromatic rings. The molecule has 1 fully saturated rings. The monoisotopic (exact) mass is 588 g/mol. The van der Waals surface area contributed by atoms with E-state index in [1.807, 2.05) is 0 Å². The zero-order valence-electron chi connectivity index (χ0n) is 22.2. The van der Waals surface area contributed by atoms with E-state index in [4.69, 9.17) is 16.3 Å². The number of fused-ring (bicyclic) bond motifs is 1. The second kappa shape index (κ2) is 11.3. The molecule has 3 heterocycles. The fraction of sp³-hybridized carbons (Fsp3) is 0.379. The lowest BCUT2D eigenvalue weighted by Crippen LogP contribution is -2.52. The van der Waals surface area contributed by atoms with Gasteiger partial charge in [-0.1, -0.05) is 18.2 Å². The minimum atomic E-state index is -2.76. The molecule has 2 N–H and O–H groups in total. The van der Waals surface area contributed by atoms with Gasteiger partial charge in [-0.25, -0.2) is 18.2 Å². The zero-order valence-corrected chi connectivity index (χ0v) is 23.0. The molecule has 0 bridgehead atoms. The predicted octanol–water partition coefficient (Wildman–Crippen LogP) is 4.21. The first kappa shape index (κ1) is 28.8. The van der Waals surface area contributed by atoms with Crippen LogP contribution in [0.15, 0.2) is 54.9 Å². The van der Waals surface area contributed by atoms with Gasteiger partial charge in [-0.2, -0.15) is 0 Å². The van der Waals surface area contributed by atoms with Crippen molar-refractivity contribution in [1.82, 2.24) is 15.3 Å². The van der Waals surface area contributed by atoms with Gasteiger partial charge in [0.2, 0.25) is 6.43 Å². The summed E-state index contributed by atoms with van der Waals surface area (Å²) < 4.78 is 49.0. The molecule has 0 saturated heterocycles. The number of ether oxygens (including phenoxy) is 1. The fourth-order valence-corrected chi connectivity index (χ4v) is 6.17. The summed E-state index contributed by atoms with van der Waals surface area (Å²) in [6.07, 6.45) is 0.0249. The summed E-state index contributed by atoms with van der Waals surface area (Å²) in [7, 11) is 1.23. The van der Waals surface area contributed by atoms with Crippen LogP contribution in [0.5, 0.6) is 5.88 Å². The summed E-state index contributed by atoms with van der Waals surface area (Å²) in [6, 6.07) is 9.86. The number of hydrogen-bond acceptors (Lipinski definition) is 6. The van der Waals surface area contributed by atoms with Crippen molar-refractivity contribution in [2.45, 2.75) is 43.2 Å². The number of carbonyl (C=O) groups is 2. The quantitative estimate of drug-likeness (QED) is 0.401. The second-order valence-electron chi connectivity index (χ2n) is 10.3. The molecule has 1 aliphatic heterocycles. The molecule has 0 radical (unpaired) electrons. The van der Waals surface area contributed by atoms with Crippen molar-refractivity contribution in [3.05, 3.63) is 83.1 Å². The topological polar surface area (TPSA) is 105 Å². The number of aryl methyl sites for hydroxylation is 1.